The highest BCUT2D eigenvalue weighted by molar-refractivity contribution is 6.35. The minimum absolute atomic E-state index is 0.731. The fourth-order valence-corrected chi connectivity index (χ4v) is 1.56. The zero-order valence-corrected chi connectivity index (χ0v) is 8.34. The van der Waals surface area contributed by atoms with E-state index in [1.165, 1.54) is 0 Å². The van der Waals surface area contributed by atoms with Crippen LogP contribution in [-0.2, 0) is 13.5 Å². The smallest absolute Gasteiger partial charge is 0.159 e. The van der Waals surface area contributed by atoms with E-state index in [4.69, 9.17) is 11.6 Å². The Balaban J connectivity index is 2.80. The number of aryl methyl sites for hydroxylation is 2. The molecule has 0 fully saturated rings. The molecule has 0 amide bonds. The molecule has 13 heavy (non-hydrogen) atoms. The van der Waals surface area contributed by atoms with Crippen molar-refractivity contribution in [1.29, 1.82) is 0 Å². The molecule has 2 heterocycles. The lowest BCUT2D eigenvalue weighted by Crippen LogP contribution is -1.94. The van der Waals surface area contributed by atoms with Crippen LogP contribution in [0.5, 0.6) is 0 Å². The first-order chi connectivity index (χ1) is 6.22. The molecule has 0 spiro atoms. The van der Waals surface area contributed by atoms with Crippen molar-refractivity contribution in [3.8, 4) is 0 Å². The molecule has 0 N–H and O–H groups in total. The van der Waals surface area contributed by atoms with Gasteiger partial charge in [-0.1, -0.05) is 18.5 Å². The van der Waals surface area contributed by atoms with Gasteiger partial charge >= 0.3 is 0 Å². The summed E-state index contributed by atoms with van der Waals surface area (Å²) in [4.78, 5) is 4.43. The number of halogens is 1. The standard InChI is InChI=1S/C9H10ClN3/c1-3-6-4-8(10)7-5-11-13(2)9(7)12-6/h4-5H,3H2,1-2H3. The van der Waals surface area contributed by atoms with Gasteiger partial charge in [0.15, 0.2) is 5.65 Å². The summed E-state index contributed by atoms with van der Waals surface area (Å²) in [6.07, 6.45) is 2.63. The van der Waals surface area contributed by atoms with E-state index in [1.54, 1.807) is 10.9 Å². The lowest BCUT2D eigenvalue weighted by molar-refractivity contribution is 0.783. The molecule has 0 radical (unpaired) electrons. The number of pyridine rings is 1. The predicted molar refractivity (Wildman–Crippen MR) is 52.9 cm³/mol. The van der Waals surface area contributed by atoms with Crippen LogP contribution in [-0.4, -0.2) is 14.8 Å². The fourth-order valence-electron chi connectivity index (χ4n) is 1.31. The topological polar surface area (TPSA) is 30.7 Å². The zero-order valence-electron chi connectivity index (χ0n) is 7.58. The molecule has 0 bridgehead atoms. The quantitative estimate of drug-likeness (QED) is 0.699. The molecular formula is C9H10ClN3. The number of rotatable bonds is 1. The Morgan fingerprint density at radius 3 is 3.00 bits per heavy atom. The molecule has 2 aromatic rings. The van der Waals surface area contributed by atoms with Crippen LogP contribution >= 0.6 is 11.6 Å². The molecule has 2 rings (SSSR count). The molecule has 0 saturated carbocycles. The minimum atomic E-state index is 0.731. The first kappa shape index (κ1) is 8.51. The van der Waals surface area contributed by atoms with Crippen LogP contribution in [0.3, 0.4) is 0 Å². The highest BCUT2D eigenvalue weighted by Crippen LogP contribution is 2.22. The van der Waals surface area contributed by atoms with E-state index in [0.717, 1.165) is 28.2 Å². The lowest BCUT2D eigenvalue weighted by Gasteiger charge is -1.99. The van der Waals surface area contributed by atoms with Crippen LogP contribution in [0.2, 0.25) is 5.02 Å². The third kappa shape index (κ3) is 1.29. The summed E-state index contributed by atoms with van der Waals surface area (Å²) in [5, 5.41) is 5.75. The summed E-state index contributed by atoms with van der Waals surface area (Å²) in [7, 11) is 1.87. The lowest BCUT2D eigenvalue weighted by atomic mass is 10.2. The maximum atomic E-state index is 6.06. The van der Waals surface area contributed by atoms with Crippen molar-refractivity contribution in [1.82, 2.24) is 14.8 Å². The number of aromatic nitrogens is 3. The highest BCUT2D eigenvalue weighted by atomic mass is 35.5. The summed E-state index contributed by atoms with van der Waals surface area (Å²) in [5.74, 6) is 0. The molecule has 0 saturated heterocycles. The van der Waals surface area contributed by atoms with E-state index in [1.807, 2.05) is 13.1 Å². The summed E-state index contributed by atoms with van der Waals surface area (Å²) in [5.41, 5.74) is 1.85. The van der Waals surface area contributed by atoms with Crippen molar-refractivity contribution < 1.29 is 0 Å². The van der Waals surface area contributed by atoms with Gasteiger partial charge < -0.3 is 0 Å². The monoisotopic (exact) mass is 195 g/mol. The van der Waals surface area contributed by atoms with Crippen molar-refractivity contribution >= 4 is 22.6 Å². The molecule has 0 aliphatic carbocycles. The predicted octanol–water partition coefficient (Wildman–Crippen LogP) is 2.18. The van der Waals surface area contributed by atoms with Gasteiger partial charge in [0, 0.05) is 12.7 Å². The average molecular weight is 196 g/mol. The third-order valence-electron chi connectivity index (χ3n) is 2.07. The van der Waals surface area contributed by atoms with E-state index in [-0.39, 0.29) is 0 Å². The normalized spacial score (nSPS) is 11.0. The van der Waals surface area contributed by atoms with Gasteiger partial charge in [-0.2, -0.15) is 5.10 Å². The van der Waals surface area contributed by atoms with Crippen LogP contribution in [0.1, 0.15) is 12.6 Å². The van der Waals surface area contributed by atoms with Crippen molar-refractivity contribution in [2.45, 2.75) is 13.3 Å². The molecule has 0 aliphatic heterocycles. The van der Waals surface area contributed by atoms with Gasteiger partial charge in [-0.05, 0) is 12.5 Å². The summed E-state index contributed by atoms with van der Waals surface area (Å²) in [6.45, 7) is 2.06. The first-order valence-electron chi connectivity index (χ1n) is 4.19. The second-order valence-electron chi connectivity index (χ2n) is 2.95. The maximum Gasteiger partial charge on any atom is 0.159 e. The van der Waals surface area contributed by atoms with Crippen molar-refractivity contribution in [2.24, 2.45) is 7.05 Å². The molecular weight excluding hydrogens is 186 g/mol. The zero-order chi connectivity index (χ0) is 9.42. The Morgan fingerprint density at radius 1 is 1.54 bits per heavy atom. The average Bonchev–Trinajstić information content (AvgIpc) is 2.48. The van der Waals surface area contributed by atoms with Gasteiger partial charge in [0.25, 0.3) is 0 Å². The Labute approximate surface area is 81.3 Å². The second kappa shape index (κ2) is 3.00. The van der Waals surface area contributed by atoms with Crippen LogP contribution in [0, 0.1) is 0 Å². The first-order valence-corrected chi connectivity index (χ1v) is 4.57. The van der Waals surface area contributed by atoms with Crippen LogP contribution in [0.25, 0.3) is 11.0 Å². The SMILES string of the molecule is CCc1cc(Cl)c2cnn(C)c2n1. The van der Waals surface area contributed by atoms with E-state index in [2.05, 4.69) is 17.0 Å². The van der Waals surface area contributed by atoms with Crippen molar-refractivity contribution in [2.75, 3.05) is 0 Å². The van der Waals surface area contributed by atoms with Crippen molar-refractivity contribution in [3.63, 3.8) is 0 Å². The number of hydrogen-bond acceptors (Lipinski definition) is 2. The number of hydrogen-bond donors (Lipinski definition) is 0. The molecule has 0 unspecified atom stereocenters. The molecule has 3 nitrogen and oxygen atoms in total. The summed E-state index contributed by atoms with van der Waals surface area (Å²) < 4.78 is 1.74. The van der Waals surface area contributed by atoms with Gasteiger partial charge in [0.2, 0.25) is 0 Å². The van der Waals surface area contributed by atoms with Crippen molar-refractivity contribution in [3.05, 3.63) is 23.0 Å². The van der Waals surface area contributed by atoms with Gasteiger partial charge in [-0.3, -0.25) is 4.68 Å². The summed E-state index contributed by atoms with van der Waals surface area (Å²) in [6, 6.07) is 1.89. The largest absolute Gasteiger partial charge is 0.250 e. The van der Waals surface area contributed by atoms with E-state index >= 15 is 0 Å². The Kier molecular flexibility index (Phi) is 1.96. The highest BCUT2D eigenvalue weighted by Gasteiger charge is 2.06. The molecule has 0 aliphatic rings. The van der Waals surface area contributed by atoms with E-state index in [9.17, 15) is 0 Å². The Hall–Kier alpha value is -1.09. The number of nitrogens with zero attached hydrogens (tertiary/aromatic N) is 3. The van der Waals surface area contributed by atoms with E-state index in [0.29, 0.717) is 0 Å². The van der Waals surface area contributed by atoms with Crippen LogP contribution in [0.15, 0.2) is 12.3 Å². The number of fused-ring (bicyclic) bond motifs is 1. The molecule has 4 heteroatoms. The van der Waals surface area contributed by atoms with Gasteiger partial charge in [0.05, 0.1) is 16.6 Å². The summed E-state index contributed by atoms with van der Waals surface area (Å²) >= 11 is 6.06. The van der Waals surface area contributed by atoms with Gasteiger partial charge in [-0.15, -0.1) is 0 Å². The van der Waals surface area contributed by atoms with Crippen LogP contribution in [0.4, 0.5) is 0 Å². The second-order valence-corrected chi connectivity index (χ2v) is 3.36. The maximum absolute atomic E-state index is 6.06. The molecule has 0 atom stereocenters. The van der Waals surface area contributed by atoms with E-state index < -0.39 is 0 Å². The Morgan fingerprint density at radius 2 is 2.31 bits per heavy atom. The van der Waals surface area contributed by atoms with Crippen LogP contribution < -0.4 is 0 Å². The molecule has 68 valence electrons. The van der Waals surface area contributed by atoms with Gasteiger partial charge in [0.1, 0.15) is 0 Å². The van der Waals surface area contributed by atoms with Gasteiger partial charge in [-0.25, -0.2) is 4.98 Å². The fraction of sp³-hybridized carbons (Fsp3) is 0.333. The third-order valence-corrected chi connectivity index (χ3v) is 2.38. The minimum Gasteiger partial charge on any atom is -0.250 e. The molecule has 0 aromatic carbocycles. The Bertz CT molecular complexity index is 447. The molecule has 2 aromatic heterocycles.